The fourth-order valence-electron chi connectivity index (χ4n) is 1.77. The van der Waals surface area contributed by atoms with E-state index < -0.39 is 16.0 Å². The molecule has 0 unspecified atom stereocenters. The van der Waals surface area contributed by atoms with E-state index in [0.29, 0.717) is 5.75 Å². The molecule has 106 valence electrons. The van der Waals surface area contributed by atoms with E-state index >= 15 is 0 Å². The first-order chi connectivity index (χ1) is 8.61. The maximum atomic E-state index is 11.7. The Kier molecular flexibility index (Phi) is 4.70. The number of benzene rings is 1. The number of sulfonamides is 1. The summed E-state index contributed by atoms with van der Waals surface area (Å²) in [7, 11) is -2.05. The number of carbonyl (C=O) groups is 1. The van der Waals surface area contributed by atoms with Crippen LogP contribution in [0.1, 0.15) is 16.7 Å². The maximum absolute atomic E-state index is 11.7. The molecule has 0 atom stereocenters. The zero-order valence-electron chi connectivity index (χ0n) is 11.9. The molecule has 0 aliphatic rings. The Morgan fingerprint density at radius 1 is 1.21 bits per heavy atom. The number of hydrogen-bond acceptors (Lipinski definition) is 4. The second-order valence-corrected chi connectivity index (χ2v) is 6.81. The molecule has 6 heteroatoms. The van der Waals surface area contributed by atoms with E-state index in [-0.39, 0.29) is 6.54 Å². The standard InChI is InChI=1S/C13H19NO4S/c1-9-6-10(2)13(11(3)7-9)18-12(15)8-14(4)19(5,16)17/h6-7H,8H2,1-5H3. The van der Waals surface area contributed by atoms with Crippen molar-refractivity contribution in [3.05, 3.63) is 28.8 Å². The molecule has 0 radical (unpaired) electrons. The van der Waals surface area contributed by atoms with Gasteiger partial charge < -0.3 is 4.74 Å². The molecule has 0 aromatic heterocycles. The van der Waals surface area contributed by atoms with Gasteiger partial charge in [0.2, 0.25) is 10.0 Å². The van der Waals surface area contributed by atoms with Gasteiger partial charge >= 0.3 is 5.97 Å². The van der Waals surface area contributed by atoms with Gasteiger partial charge in [-0.2, -0.15) is 4.31 Å². The third kappa shape index (κ3) is 4.33. The summed E-state index contributed by atoms with van der Waals surface area (Å²) in [6.45, 7) is 5.36. The fourth-order valence-corrected chi connectivity index (χ4v) is 2.11. The molecule has 0 bridgehead atoms. The van der Waals surface area contributed by atoms with Crippen molar-refractivity contribution in [3.8, 4) is 5.75 Å². The van der Waals surface area contributed by atoms with Gasteiger partial charge in [0.05, 0.1) is 6.26 Å². The molecule has 0 saturated carbocycles. The molecule has 0 aliphatic carbocycles. The molecule has 0 heterocycles. The number of ether oxygens (including phenoxy) is 1. The molecular formula is C13H19NO4S. The highest BCUT2D eigenvalue weighted by atomic mass is 32.2. The summed E-state index contributed by atoms with van der Waals surface area (Å²) in [6.07, 6.45) is 1.04. The number of aryl methyl sites for hydroxylation is 3. The fraction of sp³-hybridized carbons (Fsp3) is 0.462. The van der Waals surface area contributed by atoms with Crippen LogP contribution in [-0.2, 0) is 14.8 Å². The van der Waals surface area contributed by atoms with Crippen molar-refractivity contribution in [3.63, 3.8) is 0 Å². The van der Waals surface area contributed by atoms with Gasteiger partial charge in [-0.1, -0.05) is 17.7 Å². The molecule has 0 aliphatic heterocycles. The first-order valence-electron chi connectivity index (χ1n) is 5.81. The molecule has 5 nitrogen and oxygen atoms in total. The molecule has 1 rings (SSSR count). The highest BCUT2D eigenvalue weighted by molar-refractivity contribution is 7.88. The highest BCUT2D eigenvalue weighted by Crippen LogP contribution is 2.24. The van der Waals surface area contributed by atoms with E-state index in [1.54, 1.807) is 0 Å². The summed E-state index contributed by atoms with van der Waals surface area (Å²) in [5, 5.41) is 0. The van der Waals surface area contributed by atoms with E-state index in [1.165, 1.54) is 7.05 Å². The van der Waals surface area contributed by atoms with Crippen molar-refractivity contribution >= 4 is 16.0 Å². The van der Waals surface area contributed by atoms with Gasteiger partial charge in [0, 0.05) is 7.05 Å². The third-order valence-electron chi connectivity index (χ3n) is 2.74. The van der Waals surface area contributed by atoms with Crippen LogP contribution in [0.15, 0.2) is 12.1 Å². The summed E-state index contributed by atoms with van der Waals surface area (Å²) in [6, 6.07) is 3.83. The summed E-state index contributed by atoms with van der Waals surface area (Å²) in [4.78, 5) is 11.7. The SMILES string of the molecule is Cc1cc(C)c(OC(=O)CN(C)S(C)(=O)=O)c(C)c1. The zero-order chi connectivity index (χ0) is 14.8. The lowest BCUT2D eigenvalue weighted by atomic mass is 10.1. The van der Waals surface area contributed by atoms with Crippen LogP contribution in [0, 0.1) is 20.8 Å². The number of carbonyl (C=O) groups excluding carboxylic acids is 1. The average molecular weight is 285 g/mol. The van der Waals surface area contributed by atoms with E-state index in [0.717, 1.165) is 27.3 Å². The minimum atomic E-state index is -3.38. The normalized spacial score (nSPS) is 11.7. The van der Waals surface area contributed by atoms with Crippen molar-refractivity contribution in [2.45, 2.75) is 20.8 Å². The monoisotopic (exact) mass is 285 g/mol. The Balaban J connectivity index is 2.84. The van der Waals surface area contributed by atoms with E-state index in [9.17, 15) is 13.2 Å². The van der Waals surface area contributed by atoms with Gasteiger partial charge in [-0.15, -0.1) is 0 Å². The highest BCUT2D eigenvalue weighted by Gasteiger charge is 2.18. The van der Waals surface area contributed by atoms with Gasteiger partial charge in [0.15, 0.2) is 0 Å². The van der Waals surface area contributed by atoms with Crippen LogP contribution in [0.4, 0.5) is 0 Å². The molecule has 0 amide bonds. The summed E-state index contributed by atoms with van der Waals surface area (Å²) in [5.41, 5.74) is 2.80. The Morgan fingerprint density at radius 3 is 2.11 bits per heavy atom. The molecule has 0 fully saturated rings. The quantitative estimate of drug-likeness (QED) is 0.620. The Morgan fingerprint density at radius 2 is 1.68 bits per heavy atom. The first-order valence-corrected chi connectivity index (χ1v) is 7.66. The van der Waals surface area contributed by atoms with E-state index in [2.05, 4.69) is 0 Å². The number of hydrogen-bond donors (Lipinski definition) is 0. The lowest BCUT2D eigenvalue weighted by molar-refractivity contribution is -0.134. The zero-order valence-corrected chi connectivity index (χ0v) is 12.7. The predicted molar refractivity (Wildman–Crippen MR) is 73.8 cm³/mol. The Labute approximate surface area is 114 Å². The number of esters is 1. The van der Waals surface area contributed by atoms with Crippen molar-refractivity contribution in [1.82, 2.24) is 4.31 Å². The molecule has 19 heavy (non-hydrogen) atoms. The molecule has 1 aromatic rings. The van der Waals surface area contributed by atoms with Crippen molar-refractivity contribution in [1.29, 1.82) is 0 Å². The maximum Gasteiger partial charge on any atom is 0.326 e. The molecule has 1 aromatic carbocycles. The summed E-state index contributed by atoms with van der Waals surface area (Å²) < 4.78 is 28.6. The third-order valence-corrected chi connectivity index (χ3v) is 4.00. The molecule has 0 N–H and O–H groups in total. The van der Waals surface area contributed by atoms with Crippen LogP contribution in [-0.4, -0.2) is 38.5 Å². The smallest absolute Gasteiger partial charge is 0.326 e. The summed E-state index contributed by atoms with van der Waals surface area (Å²) in [5.74, 6) is -0.0968. The largest absolute Gasteiger partial charge is 0.425 e. The minimum Gasteiger partial charge on any atom is -0.425 e. The van der Waals surface area contributed by atoms with E-state index in [1.807, 2.05) is 32.9 Å². The van der Waals surface area contributed by atoms with Crippen molar-refractivity contribution in [2.75, 3.05) is 19.8 Å². The second kappa shape index (κ2) is 5.71. The van der Waals surface area contributed by atoms with Crippen LogP contribution in [0.5, 0.6) is 5.75 Å². The minimum absolute atomic E-state index is 0.300. The lowest BCUT2D eigenvalue weighted by Gasteiger charge is -2.15. The predicted octanol–water partition coefficient (Wildman–Crippen LogP) is 1.41. The average Bonchev–Trinajstić information content (AvgIpc) is 2.21. The number of likely N-dealkylation sites (N-methyl/N-ethyl adjacent to an activating group) is 1. The number of nitrogens with zero attached hydrogens (tertiary/aromatic N) is 1. The van der Waals surface area contributed by atoms with Gasteiger partial charge in [0.25, 0.3) is 0 Å². The molecular weight excluding hydrogens is 266 g/mol. The molecule has 0 saturated heterocycles. The van der Waals surface area contributed by atoms with Crippen LogP contribution < -0.4 is 4.74 Å². The Hall–Kier alpha value is -1.40. The lowest BCUT2D eigenvalue weighted by Crippen LogP contribution is -2.33. The van der Waals surface area contributed by atoms with Crippen molar-refractivity contribution in [2.24, 2.45) is 0 Å². The topological polar surface area (TPSA) is 63.7 Å². The Bertz CT molecular complexity index is 570. The van der Waals surface area contributed by atoms with Gasteiger partial charge in [-0.05, 0) is 31.9 Å². The van der Waals surface area contributed by atoms with Gasteiger partial charge in [-0.3, -0.25) is 4.79 Å². The number of rotatable bonds is 4. The van der Waals surface area contributed by atoms with E-state index in [4.69, 9.17) is 4.74 Å². The van der Waals surface area contributed by atoms with Crippen LogP contribution in [0.3, 0.4) is 0 Å². The first kappa shape index (κ1) is 15.7. The van der Waals surface area contributed by atoms with Crippen molar-refractivity contribution < 1.29 is 17.9 Å². The second-order valence-electron chi connectivity index (χ2n) is 4.72. The van der Waals surface area contributed by atoms with Crippen LogP contribution >= 0.6 is 0 Å². The van der Waals surface area contributed by atoms with Crippen LogP contribution in [0.25, 0.3) is 0 Å². The molecule has 0 spiro atoms. The van der Waals surface area contributed by atoms with Gasteiger partial charge in [0.1, 0.15) is 12.3 Å². The van der Waals surface area contributed by atoms with Gasteiger partial charge in [-0.25, -0.2) is 8.42 Å². The summed E-state index contributed by atoms with van der Waals surface area (Å²) >= 11 is 0. The van der Waals surface area contributed by atoms with Crippen LogP contribution in [0.2, 0.25) is 0 Å².